The summed E-state index contributed by atoms with van der Waals surface area (Å²) >= 11 is 1.32. The van der Waals surface area contributed by atoms with E-state index in [9.17, 15) is 9.59 Å². The van der Waals surface area contributed by atoms with Crippen molar-refractivity contribution in [1.29, 1.82) is 0 Å². The van der Waals surface area contributed by atoms with Gasteiger partial charge in [-0.05, 0) is 57.5 Å². The molecule has 0 saturated heterocycles. The van der Waals surface area contributed by atoms with E-state index in [1.807, 2.05) is 67.9 Å². The van der Waals surface area contributed by atoms with Crippen molar-refractivity contribution in [3.05, 3.63) is 64.9 Å². The molecule has 4 rings (SSSR count). The zero-order valence-electron chi connectivity index (χ0n) is 20.1. The molecule has 0 aliphatic rings. The van der Waals surface area contributed by atoms with Gasteiger partial charge in [-0.1, -0.05) is 12.1 Å². The van der Waals surface area contributed by atoms with Gasteiger partial charge in [0.25, 0.3) is 5.91 Å². The summed E-state index contributed by atoms with van der Waals surface area (Å²) in [5.41, 5.74) is 3.38. The van der Waals surface area contributed by atoms with Gasteiger partial charge in [0.15, 0.2) is 18.0 Å². The summed E-state index contributed by atoms with van der Waals surface area (Å²) in [6.45, 7) is 8.03. The predicted molar refractivity (Wildman–Crippen MR) is 136 cm³/mol. The number of nitrogens with one attached hydrogen (secondary N) is 1. The molecule has 1 N–H and O–H groups in total. The van der Waals surface area contributed by atoms with Gasteiger partial charge < -0.3 is 23.9 Å². The van der Waals surface area contributed by atoms with Crippen molar-refractivity contribution in [1.82, 2.24) is 9.38 Å². The highest BCUT2D eigenvalue weighted by Crippen LogP contribution is 2.41. The molecule has 3 heterocycles. The average Bonchev–Trinajstić information content (AvgIpc) is 3.37. The van der Waals surface area contributed by atoms with E-state index in [0.717, 1.165) is 27.4 Å². The molecule has 1 aromatic carbocycles. The Balaban J connectivity index is 1.58. The number of aryl methyl sites for hydroxylation is 2. The van der Waals surface area contributed by atoms with Gasteiger partial charge in [0.1, 0.15) is 16.3 Å². The summed E-state index contributed by atoms with van der Waals surface area (Å²) in [7, 11) is 0. The number of thiophene rings is 1. The number of amides is 1. The summed E-state index contributed by atoms with van der Waals surface area (Å²) in [4.78, 5) is 31.0. The van der Waals surface area contributed by atoms with E-state index in [1.165, 1.54) is 11.3 Å². The first-order chi connectivity index (χ1) is 16.9. The zero-order valence-corrected chi connectivity index (χ0v) is 20.9. The lowest BCUT2D eigenvalue weighted by molar-refractivity contribution is -0.118. The van der Waals surface area contributed by atoms with Crippen molar-refractivity contribution < 1.29 is 23.8 Å². The number of fused-ring (bicyclic) bond motifs is 1. The van der Waals surface area contributed by atoms with Gasteiger partial charge in [-0.25, -0.2) is 9.78 Å². The van der Waals surface area contributed by atoms with Crippen LogP contribution in [0.4, 0.5) is 5.00 Å². The third-order valence-electron chi connectivity index (χ3n) is 5.20. The van der Waals surface area contributed by atoms with Crippen molar-refractivity contribution in [3.63, 3.8) is 0 Å². The first kappa shape index (κ1) is 24.3. The number of hydrogen-bond donors (Lipinski definition) is 1. The van der Waals surface area contributed by atoms with Gasteiger partial charge in [-0.2, -0.15) is 0 Å². The molecule has 8 nitrogen and oxygen atoms in total. The highest BCUT2D eigenvalue weighted by molar-refractivity contribution is 7.17. The largest absolute Gasteiger partial charge is 0.494 e. The topological polar surface area (TPSA) is 91.2 Å². The molecular formula is C26H27N3O5S. The molecule has 0 fully saturated rings. The van der Waals surface area contributed by atoms with Crippen molar-refractivity contribution in [2.45, 2.75) is 27.7 Å². The highest BCUT2D eigenvalue weighted by atomic mass is 32.1. The van der Waals surface area contributed by atoms with Crippen molar-refractivity contribution in [3.8, 4) is 22.6 Å². The summed E-state index contributed by atoms with van der Waals surface area (Å²) in [6.07, 6.45) is 3.75. The van der Waals surface area contributed by atoms with Crippen LogP contribution in [0.25, 0.3) is 16.8 Å². The number of carbonyl (C=O) groups excluding carboxylic acids is 2. The Morgan fingerprint density at radius 1 is 1.06 bits per heavy atom. The Kier molecular flexibility index (Phi) is 7.36. The fourth-order valence-corrected chi connectivity index (χ4v) is 4.87. The number of anilines is 1. The predicted octanol–water partition coefficient (Wildman–Crippen LogP) is 5.27. The molecule has 9 heteroatoms. The maximum Gasteiger partial charge on any atom is 0.341 e. The van der Waals surface area contributed by atoms with Crippen LogP contribution in [0.15, 0.2) is 48.8 Å². The number of ether oxygens (including phenoxy) is 3. The van der Waals surface area contributed by atoms with Gasteiger partial charge in [-0.3, -0.25) is 4.79 Å². The SMILES string of the molecule is CCOC(=O)c1c(NC(=O)COc2cccn3cc(C)nc23)sc(C)c1-c1ccc(OCC)cc1. The van der Waals surface area contributed by atoms with Crippen LogP contribution in [0.1, 0.15) is 34.8 Å². The summed E-state index contributed by atoms with van der Waals surface area (Å²) < 4.78 is 18.4. The summed E-state index contributed by atoms with van der Waals surface area (Å²) in [6, 6.07) is 11.1. The van der Waals surface area contributed by atoms with Gasteiger partial charge >= 0.3 is 5.97 Å². The highest BCUT2D eigenvalue weighted by Gasteiger charge is 2.25. The lowest BCUT2D eigenvalue weighted by atomic mass is 10.0. The number of hydrogen-bond acceptors (Lipinski definition) is 7. The van der Waals surface area contributed by atoms with E-state index in [4.69, 9.17) is 14.2 Å². The number of nitrogens with zero attached hydrogens (tertiary/aromatic N) is 2. The molecule has 182 valence electrons. The zero-order chi connectivity index (χ0) is 24.9. The number of carbonyl (C=O) groups is 2. The molecule has 0 unspecified atom stereocenters. The second-order valence-electron chi connectivity index (χ2n) is 7.74. The first-order valence-electron chi connectivity index (χ1n) is 11.3. The third-order valence-corrected chi connectivity index (χ3v) is 6.22. The van der Waals surface area contributed by atoms with Crippen LogP contribution in [-0.4, -0.2) is 41.1 Å². The normalized spacial score (nSPS) is 10.9. The fourth-order valence-electron chi connectivity index (χ4n) is 3.79. The molecule has 4 aromatic rings. The molecule has 35 heavy (non-hydrogen) atoms. The summed E-state index contributed by atoms with van der Waals surface area (Å²) in [5.74, 6) is 0.365. The molecule has 0 aliphatic carbocycles. The lowest BCUT2D eigenvalue weighted by Crippen LogP contribution is -2.21. The number of benzene rings is 1. The number of aromatic nitrogens is 2. The Bertz CT molecular complexity index is 1360. The van der Waals surface area contributed by atoms with E-state index in [0.29, 0.717) is 28.6 Å². The standard InChI is InChI=1S/C26H27N3O5S/c1-5-32-19-11-9-18(10-12-19)22-17(4)35-25(23(22)26(31)33-6-2)28-21(30)15-34-20-8-7-13-29-14-16(3)27-24(20)29/h7-14H,5-6,15H2,1-4H3,(H,28,30). The van der Waals surface area contributed by atoms with E-state index < -0.39 is 5.97 Å². The first-order valence-corrected chi connectivity index (χ1v) is 12.1. The molecule has 0 spiro atoms. The monoisotopic (exact) mass is 493 g/mol. The Labute approximate surface area is 207 Å². The molecule has 0 saturated carbocycles. The molecule has 0 atom stereocenters. The van der Waals surface area contributed by atoms with Crippen LogP contribution in [0.3, 0.4) is 0 Å². The van der Waals surface area contributed by atoms with Crippen LogP contribution in [0, 0.1) is 13.8 Å². The second kappa shape index (κ2) is 10.6. The van der Waals surface area contributed by atoms with Crippen LogP contribution in [-0.2, 0) is 9.53 Å². The number of rotatable bonds is 9. The van der Waals surface area contributed by atoms with Gasteiger partial charge in [0, 0.05) is 22.8 Å². The van der Waals surface area contributed by atoms with E-state index in [1.54, 1.807) is 13.0 Å². The van der Waals surface area contributed by atoms with Crippen molar-refractivity contribution >= 4 is 33.9 Å². The quantitative estimate of drug-likeness (QED) is 0.319. The Morgan fingerprint density at radius 2 is 1.83 bits per heavy atom. The third kappa shape index (κ3) is 5.30. The molecular weight excluding hydrogens is 466 g/mol. The number of imidazole rings is 1. The van der Waals surface area contributed by atoms with Crippen LogP contribution in [0.2, 0.25) is 0 Å². The second-order valence-corrected chi connectivity index (χ2v) is 8.96. The van der Waals surface area contributed by atoms with Crippen molar-refractivity contribution in [2.24, 2.45) is 0 Å². The van der Waals surface area contributed by atoms with Gasteiger partial charge in [0.05, 0.1) is 18.9 Å². The molecule has 0 bridgehead atoms. The molecule has 0 radical (unpaired) electrons. The van der Waals surface area contributed by atoms with Gasteiger partial charge in [-0.15, -0.1) is 11.3 Å². The fraction of sp³-hybridized carbons (Fsp3) is 0.269. The minimum atomic E-state index is -0.491. The minimum Gasteiger partial charge on any atom is -0.494 e. The minimum absolute atomic E-state index is 0.223. The Morgan fingerprint density at radius 3 is 2.54 bits per heavy atom. The Hall–Kier alpha value is -3.85. The average molecular weight is 494 g/mol. The number of pyridine rings is 1. The van der Waals surface area contributed by atoms with E-state index >= 15 is 0 Å². The smallest absolute Gasteiger partial charge is 0.341 e. The van der Waals surface area contributed by atoms with Crippen LogP contribution in [0.5, 0.6) is 11.5 Å². The van der Waals surface area contributed by atoms with E-state index in [-0.39, 0.29) is 19.1 Å². The molecule has 1 amide bonds. The summed E-state index contributed by atoms with van der Waals surface area (Å²) in [5, 5.41) is 3.26. The number of esters is 1. The maximum atomic E-state index is 12.9. The molecule has 0 aliphatic heterocycles. The van der Waals surface area contributed by atoms with Crippen molar-refractivity contribution in [2.75, 3.05) is 25.1 Å². The maximum absolute atomic E-state index is 12.9. The van der Waals surface area contributed by atoms with Gasteiger partial charge in [0.2, 0.25) is 0 Å². The van der Waals surface area contributed by atoms with Crippen LogP contribution >= 0.6 is 11.3 Å². The molecule has 3 aromatic heterocycles. The lowest BCUT2D eigenvalue weighted by Gasteiger charge is -2.11. The van der Waals surface area contributed by atoms with E-state index in [2.05, 4.69) is 10.3 Å². The van der Waals surface area contributed by atoms with Crippen LogP contribution < -0.4 is 14.8 Å².